The maximum atomic E-state index is 10.6. The van der Waals surface area contributed by atoms with Crippen molar-refractivity contribution in [3.63, 3.8) is 0 Å². The summed E-state index contributed by atoms with van der Waals surface area (Å²) in [5, 5.41) is 0. The second kappa shape index (κ2) is 6.19. The minimum atomic E-state index is -0.261. The van der Waals surface area contributed by atoms with E-state index in [1.807, 2.05) is 26.0 Å². The Bertz CT molecular complexity index is 261. The van der Waals surface area contributed by atoms with Crippen molar-refractivity contribution in [1.82, 2.24) is 0 Å². The van der Waals surface area contributed by atoms with Gasteiger partial charge in [-0.25, -0.2) is 0 Å². The summed E-state index contributed by atoms with van der Waals surface area (Å²) in [6, 6.07) is 0. The minimum absolute atomic E-state index is 0.158. The van der Waals surface area contributed by atoms with Gasteiger partial charge in [-0.3, -0.25) is 4.79 Å². The first-order chi connectivity index (χ1) is 6.47. The van der Waals surface area contributed by atoms with Crippen LogP contribution in [0.15, 0.2) is 36.5 Å². The van der Waals surface area contributed by atoms with E-state index in [1.165, 1.54) is 6.92 Å². The maximum Gasteiger partial charge on any atom is 0.302 e. The van der Waals surface area contributed by atoms with Gasteiger partial charge < -0.3 is 4.74 Å². The predicted molar refractivity (Wildman–Crippen MR) is 58.9 cm³/mol. The lowest BCUT2D eigenvalue weighted by Crippen LogP contribution is -2.03. The van der Waals surface area contributed by atoms with E-state index >= 15 is 0 Å². The monoisotopic (exact) mass is 194 g/mol. The topological polar surface area (TPSA) is 26.3 Å². The van der Waals surface area contributed by atoms with Gasteiger partial charge in [-0.1, -0.05) is 24.3 Å². The van der Waals surface area contributed by atoms with Crippen molar-refractivity contribution in [2.75, 3.05) is 6.61 Å². The summed E-state index contributed by atoms with van der Waals surface area (Å²) in [6.45, 7) is 13.2. The Morgan fingerprint density at radius 3 is 2.36 bits per heavy atom. The number of allylic oxidation sites excluding steroid dienone is 3. The normalized spacial score (nSPS) is 13.2. The molecule has 14 heavy (non-hydrogen) atoms. The van der Waals surface area contributed by atoms with E-state index in [0.717, 1.165) is 11.1 Å². The predicted octanol–water partition coefficient (Wildman–Crippen LogP) is 2.87. The summed E-state index contributed by atoms with van der Waals surface area (Å²) in [7, 11) is 0. The Labute approximate surface area is 86.0 Å². The van der Waals surface area contributed by atoms with Crippen LogP contribution in [-0.2, 0) is 9.53 Å². The summed E-state index contributed by atoms with van der Waals surface area (Å²) in [5.41, 5.74) is 2.04. The van der Waals surface area contributed by atoms with Gasteiger partial charge >= 0.3 is 5.97 Å². The third-order valence-electron chi connectivity index (χ3n) is 1.79. The van der Waals surface area contributed by atoms with Crippen molar-refractivity contribution < 1.29 is 9.53 Å². The van der Waals surface area contributed by atoms with E-state index < -0.39 is 0 Å². The molecule has 1 atom stereocenters. The first-order valence-corrected chi connectivity index (χ1v) is 4.56. The van der Waals surface area contributed by atoms with E-state index in [2.05, 4.69) is 13.2 Å². The second-order valence-corrected chi connectivity index (χ2v) is 3.40. The molecule has 0 N–H and O–H groups in total. The molecule has 0 spiro atoms. The van der Waals surface area contributed by atoms with Crippen LogP contribution in [0.5, 0.6) is 0 Å². The average molecular weight is 194 g/mol. The zero-order valence-electron chi connectivity index (χ0n) is 9.17. The number of hydrogen-bond donors (Lipinski definition) is 0. The van der Waals surface area contributed by atoms with E-state index in [9.17, 15) is 4.79 Å². The Kier molecular flexibility index (Phi) is 5.61. The first kappa shape index (κ1) is 12.7. The van der Waals surface area contributed by atoms with Crippen LogP contribution >= 0.6 is 0 Å². The summed E-state index contributed by atoms with van der Waals surface area (Å²) in [6.07, 6.45) is 3.82. The number of rotatable bonds is 5. The molecule has 0 radical (unpaired) electrons. The van der Waals surface area contributed by atoms with Gasteiger partial charge in [-0.05, 0) is 19.4 Å². The summed E-state index contributed by atoms with van der Waals surface area (Å²) < 4.78 is 4.86. The van der Waals surface area contributed by atoms with Gasteiger partial charge in [0.15, 0.2) is 0 Å². The Balaban J connectivity index is 4.25. The van der Waals surface area contributed by atoms with Crippen LogP contribution in [0.3, 0.4) is 0 Å². The fraction of sp³-hybridized carbons (Fsp3) is 0.417. The highest BCUT2D eigenvalue weighted by atomic mass is 16.5. The van der Waals surface area contributed by atoms with Gasteiger partial charge in [0, 0.05) is 12.8 Å². The van der Waals surface area contributed by atoms with Crippen molar-refractivity contribution >= 4 is 5.97 Å². The molecule has 0 aromatic carbocycles. The zero-order chi connectivity index (χ0) is 11.1. The van der Waals surface area contributed by atoms with Gasteiger partial charge in [0.2, 0.25) is 0 Å². The van der Waals surface area contributed by atoms with Crippen LogP contribution in [0.4, 0.5) is 0 Å². The molecule has 2 nitrogen and oxygen atoms in total. The van der Waals surface area contributed by atoms with E-state index in [4.69, 9.17) is 4.74 Å². The van der Waals surface area contributed by atoms with E-state index in [0.29, 0.717) is 6.61 Å². The second-order valence-electron chi connectivity index (χ2n) is 3.40. The van der Waals surface area contributed by atoms with Crippen LogP contribution in [0.25, 0.3) is 0 Å². The lowest BCUT2D eigenvalue weighted by molar-refractivity contribution is -0.139. The maximum absolute atomic E-state index is 10.6. The smallest absolute Gasteiger partial charge is 0.302 e. The van der Waals surface area contributed by atoms with Crippen molar-refractivity contribution in [2.24, 2.45) is 5.92 Å². The minimum Gasteiger partial charge on any atom is -0.461 e. The summed E-state index contributed by atoms with van der Waals surface area (Å²) in [4.78, 5) is 10.6. The molecule has 0 aliphatic heterocycles. The lowest BCUT2D eigenvalue weighted by atomic mass is 10.00. The SMILES string of the molecule is C=CC(/C=C(\C)COC(C)=O)C(=C)C. The van der Waals surface area contributed by atoms with Crippen molar-refractivity contribution in [1.29, 1.82) is 0 Å². The highest BCUT2D eigenvalue weighted by molar-refractivity contribution is 5.66. The Morgan fingerprint density at radius 2 is 2.00 bits per heavy atom. The molecular weight excluding hydrogens is 176 g/mol. The first-order valence-electron chi connectivity index (χ1n) is 4.56. The standard InChI is InChI=1S/C12H18O2/c1-6-12(9(2)3)7-10(4)8-14-11(5)13/h6-7,12H,1-2,8H2,3-5H3/b10-7+. The van der Waals surface area contributed by atoms with Crippen molar-refractivity contribution in [3.8, 4) is 0 Å². The molecule has 1 unspecified atom stereocenters. The van der Waals surface area contributed by atoms with E-state index in [-0.39, 0.29) is 11.9 Å². The summed E-state index contributed by atoms with van der Waals surface area (Å²) >= 11 is 0. The molecule has 0 aliphatic carbocycles. The molecule has 78 valence electrons. The van der Waals surface area contributed by atoms with Gasteiger partial charge in [0.1, 0.15) is 6.61 Å². The number of esters is 1. The average Bonchev–Trinajstić information content (AvgIpc) is 2.10. The lowest BCUT2D eigenvalue weighted by Gasteiger charge is -2.09. The summed E-state index contributed by atoms with van der Waals surface area (Å²) in [5.74, 6) is -0.103. The van der Waals surface area contributed by atoms with Gasteiger partial charge in [-0.2, -0.15) is 0 Å². The number of ether oxygens (including phenoxy) is 1. The number of carbonyl (C=O) groups is 1. The third kappa shape index (κ3) is 5.36. The molecule has 0 bridgehead atoms. The quantitative estimate of drug-likeness (QED) is 0.497. The zero-order valence-corrected chi connectivity index (χ0v) is 9.17. The van der Waals surface area contributed by atoms with Crippen LogP contribution in [0, 0.1) is 5.92 Å². The van der Waals surface area contributed by atoms with Crippen LogP contribution in [0.2, 0.25) is 0 Å². The fourth-order valence-corrected chi connectivity index (χ4v) is 0.982. The number of carbonyl (C=O) groups excluding carboxylic acids is 1. The van der Waals surface area contributed by atoms with E-state index in [1.54, 1.807) is 0 Å². The third-order valence-corrected chi connectivity index (χ3v) is 1.79. The van der Waals surface area contributed by atoms with Gasteiger partial charge in [-0.15, -0.1) is 6.58 Å². The highest BCUT2D eigenvalue weighted by Crippen LogP contribution is 2.13. The Morgan fingerprint density at radius 1 is 1.43 bits per heavy atom. The Hall–Kier alpha value is -1.31. The highest BCUT2D eigenvalue weighted by Gasteiger charge is 2.02. The molecular formula is C12H18O2. The van der Waals surface area contributed by atoms with Crippen LogP contribution < -0.4 is 0 Å². The van der Waals surface area contributed by atoms with Crippen LogP contribution in [-0.4, -0.2) is 12.6 Å². The molecule has 0 aromatic heterocycles. The number of hydrogen-bond acceptors (Lipinski definition) is 2. The molecule has 0 amide bonds. The molecule has 0 heterocycles. The van der Waals surface area contributed by atoms with Crippen LogP contribution in [0.1, 0.15) is 20.8 Å². The molecule has 0 aromatic rings. The molecule has 0 aliphatic rings. The molecule has 0 saturated heterocycles. The largest absolute Gasteiger partial charge is 0.461 e. The van der Waals surface area contributed by atoms with Gasteiger partial charge in [0.05, 0.1) is 0 Å². The molecule has 0 fully saturated rings. The molecule has 0 rings (SSSR count). The van der Waals surface area contributed by atoms with Gasteiger partial charge in [0.25, 0.3) is 0 Å². The fourth-order valence-electron chi connectivity index (χ4n) is 0.982. The molecule has 0 saturated carbocycles. The molecule has 2 heteroatoms. The van der Waals surface area contributed by atoms with Crippen molar-refractivity contribution in [2.45, 2.75) is 20.8 Å². The van der Waals surface area contributed by atoms with Crippen molar-refractivity contribution in [3.05, 3.63) is 36.5 Å².